The van der Waals surface area contributed by atoms with Crippen LogP contribution in [0.5, 0.6) is 0 Å². The fourth-order valence-electron chi connectivity index (χ4n) is 3.51. The van der Waals surface area contributed by atoms with E-state index in [4.69, 9.17) is 4.74 Å². The fraction of sp³-hybridized carbons (Fsp3) is 0.227. The molecule has 0 radical (unpaired) electrons. The summed E-state index contributed by atoms with van der Waals surface area (Å²) in [6.45, 7) is 2.06. The van der Waals surface area contributed by atoms with Gasteiger partial charge in [-0.3, -0.25) is 4.79 Å². The van der Waals surface area contributed by atoms with E-state index in [1.165, 1.54) is 6.07 Å². The predicted molar refractivity (Wildman–Crippen MR) is 106 cm³/mol. The summed E-state index contributed by atoms with van der Waals surface area (Å²) >= 11 is 0. The summed E-state index contributed by atoms with van der Waals surface area (Å²) in [5.41, 5.74) is 0.297. The molecule has 3 aromatic rings. The molecule has 1 N–H and O–H groups in total. The molecule has 3 aromatic carbocycles. The topological polar surface area (TPSA) is 41.6 Å². The van der Waals surface area contributed by atoms with Crippen LogP contribution in [0.4, 0.5) is 24.5 Å². The van der Waals surface area contributed by atoms with Gasteiger partial charge in [-0.2, -0.15) is 13.2 Å². The highest BCUT2D eigenvalue weighted by molar-refractivity contribution is 6.13. The maximum absolute atomic E-state index is 13.3. The van der Waals surface area contributed by atoms with Crippen LogP contribution in [0.2, 0.25) is 0 Å². The van der Waals surface area contributed by atoms with E-state index in [0.29, 0.717) is 37.6 Å². The Morgan fingerprint density at radius 3 is 2.45 bits per heavy atom. The third-order valence-electron chi connectivity index (χ3n) is 4.96. The van der Waals surface area contributed by atoms with E-state index < -0.39 is 17.6 Å². The van der Waals surface area contributed by atoms with Crippen LogP contribution in [0, 0.1) is 0 Å². The van der Waals surface area contributed by atoms with Gasteiger partial charge in [0.15, 0.2) is 0 Å². The lowest BCUT2D eigenvalue weighted by Crippen LogP contribution is -2.36. The Morgan fingerprint density at radius 1 is 0.966 bits per heavy atom. The monoisotopic (exact) mass is 400 g/mol. The van der Waals surface area contributed by atoms with Crippen molar-refractivity contribution in [3.05, 3.63) is 71.8 Å². The van der Waals surface area contributed by atoms with Crippen LogP contribution in [0.1, 0.15) is 15.9 Å². The van der Waals surface area contributed by atoms with Crippen molar-refractivity contribution >= 4 is 28.1 Å². The Bertz CT molecular complexity index is 1040. The van der Waals surface area contributed by atoms with Gasteiger partial charge < -0.3 is 15.0 Å². The molecule has 4 rings (SSSR count). The summed E-state index contributed by atoms with van der Waals surface area (Å²) in [4.78, 5) is 14.9. The zero-order chi connectivity index (χ0) is 20.4. The molecule has 0 spiro atoms. The number of carbonyl (C=O) groups excluding carboxylic acids is 1. The highest BCUT2D eigenvalue weighted by Gasteiger charge is 2.32. The Morgan fingerprint density at radius 2 is 1.69 bits per heavy atom. The molecule has 1 amide bonds. The fourth-order valence-corrected chi connectivity index (χ4v) is 3.51. The van der Waals surface area contributed by atoms with Crippen LogP contribution < -0.4 is 10.2 Å². The molecule has 0 atom stereocenters. The molecule has 4 nitrogen and oxygen atoms in total. The predicted octanol–water partition coefficient (Wildman–Crippen LogP) is 4.95. The van der Waals surface area contributed by atoms with Gasteiger partial charge in [0.2, 0.25) is 0 Å². The lowest BCUT2D eigenvalue weighted by atomic mass is 10.0. The minimum atomic E-state index is -4.50. The average molecular weight is 400 g/mol. The average Bonchev–Trinajstić information content (AvgIpc) is 2.73. The van der Waals surface area contributed by atoms with Gasteiger partial charge in [0.25, 0.3) is 5.91 Å². The second kappa shape index (κ2) is 7.75. The molecule has 1 aliphatic heterocycles. The van der Waals surface area contributed by atoms with Crippen LogP contribution in [0.3, 0.4) is 0 Å². The number of hydrogen-bond acceptors (Lipinski definition) is 3. The van der Waals surface area contributed by atoms with Crippen LogP contribution in [0.15, 0.2) is 60.7 Å². The first kappa shape index (κ1) is 19.3. The zero-order valence-electron chi connectivity index (χ0n) is 15.5. The first-order valence-electron chi connectivity index (χ1n) is 9.26. The number of nitrogens with zero attached hydrogens (tertiary/aromatic N) is 1. The van der Waals surface area contributed by atoms with Crippen molar-refractivity contribution in [2.45, 2.75) is 6.18 Å². The molecule has 29 heavy (non-hydrogen) atoms. The van der Waals surface area contributed by atoms with Crippen molar-refractivity contribution < 1.29 is 22.7 Å². The summed E-state index contributed by atoms with van der Waals surface area (Å²) < 4.78 is 45.1. The number of morpholine rings is 1. The molecule has 0 aliphatic carbocycles. The highest BCUT2D eigenvalue weighted by atomic mass is 19.4. The van der Waals surface area contributed by atoms with Gasteiger partial charge in [0, 0.05) is 18.7 Å². The third kappa shape index (κ3) is 4.05. The molecular formula is C22H19F3N2O2. The number of benzene rings is 3. The lowest BCUT2D eigenvalue weighted by Gasteiger charge is -2.31. The van der Waals surface area contributed by atoms with E-state index >= 15 is 0 Å². The van der Waals surface area contributed by atoms with Crippen molar-refractivity contribution in [3.63, 3.8) is 0 Å². The number of rotatable bonds is 3. The summed E-state index contributed by atoms with van der Waals surface area (Å²) in [5.74, 6) is -0.448. The molecule has 0 aromatic heterocycles. The number of hydrogen-bond donors (Lipinski definition) is 1. The first-order valence-corrected chi connectivity index (χ1v) is 9.26. The van der Waals surface area contributed by atoms with Crippen molar-refractivity contribution in [1.82, 2.24) is 0 Å². The maximum atomic E-state index is 13.3. The van der Waals surface area contributed by atoms with Crippen molar-refractivity contribution in [2.75, 3.05) is 36.5 Å². The lowest BCUT2D eigenvalue weighted by molar-refractivity contribution is -0.137. The van der Waals surface area contributed by atoms with Crippen molar-refractivity contribution in [3.8, 4) is 0 Å². The standard InChI is InChI=1S/C22H19F3N2O2/c23-22(24,25)16-8-9-20(27-10-12-29-13-11-27)19(14-16)26-21(28)18-7-3-5-15-4-1-2-6-17(15)18/h1-9,14H,10-13H2,(H,26,28). The number of amides is 1. The van der Waals surface area contributed by atoms with Crippen LogP contribution in [-0.4, -0.2) is 32.2 Å². The van der Waals surface area contributed by atoms with E-state index in [0.717, 1.165) is 22.9 Å². The molecule has 0 saturated carbocycles. The zero-order valence-corrected chi connectivity index (χ0v) is 15.5. The molecule has 0 unspecified atom stereocenters. The van der Waals surface area contributed by atoms with E-state index in [-0.39, 0.29) is 5.69 Å². The molecule has 7 heteroatoms. The van der Waals surface area contributed by atoms with E-state index in [9.17, 15) is 18.0 Å². The highest BCUT2D eigenvalue weighted by Crippen LogP contribution is 2.36. The minimum absolute atomic E-state index is 0.139. The number of anilines is 2. The Kier molecular flexibility index (Phi) is 5.15. The number of fused-ring (bicyclic) bond motifs is 1. The Hall–Kier alpha value is -3.06. The Labute approximate surface area is 165 Å². The van der Waals surface area contributed by atoms with E-state index in [1.807, 2.05) is 35.2 Å². The summed E-state index contributed by atoms with van der Waals surface area (Å²) in [5, 5.41) is 4.34. The number of carbonyl (C=O) groups is 1. The molecule has 1 heterocycles. The number of halogens is 3. The van der Waals surface area contributed by atoms with E-state index in [1.54, 1.807) is 12.1 Å². The van der Waals surface area contributed by atoms with Gasteiger partial charge in [0.1, 0.15) is 0 Å². The minimum Gasteiger partial charge on any atom is -0.378 e. The largest absolute Gasteiger partial charge is 0.416 e. The number of nitrogens with one attached hydrogen (secondary N) is 1. The second-order valence-electron chi connectivity index (χ2n) is 6.81. The smallest absolute Gasteiger partial charge is 0.378 e. The molecule has 1 saturated heterocycles. The van der Waals surface area contributed by atoms with E-state index in [2.05, 4.69) is 5.32 Å². The first-order chi connectivity index (χ1) is 13.9. The van der Waals surface area contributed by atoms with Crippen LogP contribution in [0.25, 0.3) is 10.8 Å². The van der Waals surface area contributed by atoms with Crippen molar-refractivity contribution in [2.24, 2.45) is 0 Å². The molecule has 0 bridgehead atoms. The normalized spacial score (nSPS) is 14.8. The van der Waals surface area contributed by atoms with Gasteiger partial charge in [-0.1, -0.05) is 36.4 Å². The Balaban J connectivity index is 1.73. The maximum Gasteiger partial charge on any atom is 0.416 e. The number of ether oxygens (including phenoxy) is 1. The quantitative estimate of drug-likeness (QED) is 0.677. The third-order valence-corrected chi connectivity index (χ3v) is 4.96. The molecular weight excluding hydrogens is 381 g/mol. The van der Waals surface area contributed by atoms with Gasteiger partial charge in [-0.25, -0.2) is 0 Å². The summed E-state index contributed by atoms with van der Waals surface area (Å²) in [6, 6.07) is 16.1. The molecule has 1 fully saturated rings. The second-order valence-corrected chi connectivity index (χ2v) is 6.81. The van der Waals surface area contributed by atoms with Gasteiger partial charge in [-0.05, 0) is 35.0 Å². The summed E-state index contributed by atoms with van der Waals surface area (Å²) in [7, 11) is 0. The molecule has 1 aliphatic rings. The van der Waals surface area contributed by atoms with Crippen LogP contribution in [-0.2, 0) is 10.9 Å². The van der Waals surface area contributed by atoms with Gasteiger partial charge in [-0.15, -0.1) is 0 Å². The van der Waals surface area contributed by atoms with Gasteiger partial charge >= 0.3 is 6.18 Å². The number of alkyl halides is 3. The molecule has 150 valence electrons. The summed E-state index contributed by atoms with van der Waals surface area (Å²) in [6.07, 6.45) is -4.50. The SMILES string of the molecule is O=C(Nc1cc(C(F)(F)F)ccc1N1CCOCC1)c1cccc2ccccc12. The van der Waals surface area contributed by atoms with Crippen LogP contribution >= 0.6 is 0 Å². The van der Waals surface area contributed by atoms with Crippen molar-refractivity contribution in [1.29, 1.82) is 0 Å². The van der Waals surface area contributed by atoms with Gasteiger partial charge in [0.05, 0.1) is 30.2 Å².